The first-order chi connectivity index (χ1) is 9.13. The summed E-state index contributed by atoms with van der Waals surface area (Å²) >= 11 is 0. The SMILES string of the molecule is CCNc1ncc(C)c(Nc2cn(C)nc2CC)n1. The van der Waals surface area contributed by atoms with Crippen LogP contribution in [0.5, 0.6) is 0 Å². The molecule has 0 saturated carbocycles. The van der Waals surface area contributed by atoms with Crippen molar-refractivity contribution in [1.29, 1.82) is 0 Å². The van der Waals surface area contributed by atoms with Gasteiger partial charge in [0.2, 0.25) is 5.95 Å². The highest BCUT2D eigenvalue weighted by atomic mass is 15.3. The molecule has 19 heavy (non-hydrogen) atoms. The summed E-state index contributed by atoms with van der Waals surface area (Å²) in [6.45, 7) is 6.90. The van der Waals surface area contributed by atoms with E-state index < -0.39 is 0 Å². The molecule has 0 aliphatic rings. The molecule has 2 rings (SSSR count). The molecule has 102 valence electrons. The fourth-order valence-electron chi connectivity index (χ4n) is 1.84. The quantitative estimate of drug-likeness (QED) is 0.863. The lowest BCUT2D eigenvalue weighted by atomic mass is 10.3. The average molecular weight is 260 g/mol. The molecule has 2 heterocycles. The Balaban J connectivity index is 2.28. The van der Waals surface area contributed by atoms with Crippen molar-refractivity contribution in [2.75, 3.05) is 17.2 Å². The largest absolute Gasteiger partial charge is 0.354 e. The Kier molecular flexibility index (Phi) is 3.99. The lowest BCUT2D eigenvalue weighted by molar-refractivity contribution is 0.746. The third-order valence-corrected chi connectivity index (χ3v) is 2.80. The number of hydrogen-bond acceptors (Lipinski definition) is 5. The van der Waals surface area contributed by atoms with Crippen molar-refractivity contribution in [2.24, 2.45) is 7.05 Å². The first kappa shape index (κ1) is 13.3. The van der Waals surface area contributed by atoms with Crippen molar-refractivity contribution in [3.8, 4) is 0 Å². The predicted octanol–water partition coefficient (Wildman–Crippen LogP) is 2.26. The van der Waals surface area contributed by atoms with Crippen LogP contribution < -0.4 is 10.6 Å². The number of rotatable bonds is 5. The van der Waals surface area contributed by atoms with E-state index in [0.29, 0.717) is 5.95 Å². The maximum atomic E-state index is 4.47. The van der Waals surface area contributed by atoms with Gasteiger partial charge in [-0.2, -0.15) is 10.1 Å². The van der Waals surface area contributed by atoms with Crippen LogP contribution in [0.15, 0.2) is 12.4 Å². The van der Waals surface area contributed by atoms with Gasteiger partial charge in [0.25, 0.3) is 0 Å². The summed E-state index contributed by atoms with van der Waals surface area (Å²) in [5.74, 6) is 1.45. The zero-order valence-electron chi connectivity index (χ0n) is 11.9. The van der Waals surface area contributed by atoms with E-state index in [1.807, 2.05) is 38.0 Å². The molecule has 0 radical (unpaired) electrons. The van der Waals surface area contributed by atoms with Crippen LogP contribution in [0.2, 0.25) is 0 Å². The molecule has 0 bridgehead atoms. The van der Waals surface area contributed by atoms with Gasteiger partial charge < -0.3 is 10.6 Å². The maximum absolute atomic E-state index is 4.47. The lowest BCUT2D eigenvalue weighted by Gasteiger charge is -2.09. The second-order valence-electron chi connectivity index (χ2n) is 4.40. The van der Waals surface area contributed by atoms with Crippen LogP contribution in [-0.2, 0) is 13.5 Å². The van der Waals surface area contributed by atoms with Gasteiger partial charge in [-0.1, -0.05) is 6.92 Å². The molecule has 6 heteroatoms. The molecule has 0 unspecified atom stereocenters. The van der Waals surface area contributed by atoms with E-state index in [2.05, 4.69) is 32.6 Å². The summed E-state index contributed by atoms with van der Waals surface area (Å²) in [7, 11) is 1.92. The van der Waals surface area contributed by atoms with Crippen LogP contribution in [0.25, 0.3) is 0 Å². The van der Waals surface area contributed by atoms with Gasteiger partial charge in [-0.05, 0) is 20.3 Å². The topological polar surface area (TPSA) is 67.7 Å². The zero-order chi connectivity index (χ0) is 13.8. The fourth-order valence-corrected chi connectivity index (χ4v) is 1.84. The molecule has 2 N–H and O–H groups in total. The van der Waals surface area contributed by atoms with Crippen molar-refractivity contribution in [2.45, 2.75) is 27.2 Å². The summed E-state index contributed by atoms with van der Waals surface area (Å²) in [6.07, 6.45) is 4.66. The molecule has 0 aliphatic heterocycles. The standard InChI is InChI=1S/C13H20N6/c1-5-10-11(8-19(4)18-10)16-12-9(3)7-15-13(17-12)14-6-2/h7-8H,5-6H2,1-4H3,(H2,14,15,16,17). The minimum absolute atomic E-state index is 0.637. The van der Waals surface area contributed by atoms with Gasteiger partial charge in [-0.3, -0.25) is 4.68 Å². The normalized spacial score (nSPS) is 10.5. The Morgan fingerprint density at radius 3 is 2.79 bits per heavy atom. The second-order valence-corrected chi connectivity index (χ2v) is 4.40. The van der Waals surface area contributed by atoms with E-state index in [-0.39, 0.29) is 0 Å². The predicted molar refractivity (Wildman–Crippen MR) is 76.8 cm³/mol. The van der Waals surface area contributed by atoms with Crippen molar-refractivity contribution < 1.29 is 0 Å². The minimum Gasteiger partial charge on any atom is -0.354 e. The fraction of sp³-hybridized carbons (Fsp3) is 0.462. The molecule has 6 nitrogen and oxygen atoms in total. The molecule has 0 aromatic carbocycles. The van der Waals surface area contributed by atoms with Crippen LogP contribution in [0.3, 0.4) is 0 Å². The van der Waals surface area contributed by atoms with Gasteiger partial charge in [0, 0.05) is 31.5 Å². The van der Waals surface area contributed by atoms with Crippen LogP contribution in [0.4, 0.5) is 17.5 Å². The first-order valence-corrected chi connectivity index (χ1v) is 6.51. The van der Waals surface area contributed by atoms with E-state index in [1.165, 1.54) is 0 Å². The Hall–Kier alpha value is -2.11. The van der Waals surface area contributed by atoms with Crippen molar-refractivity contribution in [1.82, 2.24) is 19.7 Å². The van der Waals surface area contributed by atoms with Gasteiger partial charge in [-0.15, -0.1) is 0 Å². The molecule has 0 atom stereocenters. The van der Waals surface area contributed by atoms with E-state index in [1.54, 1.807) is 0 Å². The number of nitrogens with one attached hydrogen (secondary N) is 2. The van der Waals surface area contributed by atoms with Crippen LogP contribution in [0, 0.1) is 6.92 Å². The Morgan fingerprint density at radius 2 is 2.11 bits per heavy atom. The number of nitrogens with zero attached hydrogens (tertiary/aromatic N) is 4. The monoisotopic (exact) mass is 260 g/mol. The number of hydrogen-bond donors (Lipinski definition) is 2. The highest BCUT2D eigenvalue weighted by molar-refractivity contribution is 5.61. The summed E-state index contributed by atoms with van der Waals surface area (Å²) in [6, 6.07) is 0. The smallest absolute Gasteiger partial charge is 0.224 e. The first-order valence-electron chi connectivity index (χ1n) is 6.51. The molecule has 2 aromatic rings. The number of aryl methyl sites for hydroxylation is 3. The average Bonchev–Trinajstić information content (AvgIpc) is 2.74. The van der Waals surface area contributed by atoms with E-state index in [4.69, 9.17) is 0 Å². The summed E-state index contributed by atoms with van der Waals surface area (Å²) in [4.78, 5) is 8.71. The van der Waals surface area contributed by atoms with E-state index in [9.17, 15) is 0 Å². The zero-order valence-corrected chi connectivity index (χ0v) is 11.9. The molecule has 0 fully saturated rings. The van der Waals surface area contributed by atoms with Gasteiger partial charge in [0.15, 0.2) is 0 Å². The van der Waals surface area contributed by atoms with Crippen LogP contribution in [-0.4, -0.2) is 26.3 Å². The van der Waals surface area contributed by atoms with Gasteiger partial charge >= 0.3 is 0 Å². The lowest BCUT2D eigenvalue weighted by Crippen LogP contribution is -2.05. The molecular weight excluding hydrogens is 240 g/mol. The molecule has 2 aromatic heterocycles. The van der Waals surface area contributed by atoms with E-state index in [0.717, 1.165) is 35.7 Å². The van der Waals surface area contributed by atoms with E-state index >= 15 is 0 Å². The molecule has 0 saturated heterocycles. The molecule has 0 spiro atoms. The Morgan fingerprint density at radius 1 is 1.32 bits per heavy atom. The summed E-state index contributed by atoms with van der Waals surface area (Å²) < 4.78 is 1.81. The van der Waals surface area contributed by atoms with Crippen LogP contribution >= 0.6 is 0 Å². The van der Waals surface area contributed by atoms with Gasteiger partial charge in [-0.25, -0.2) is 4.98 Å². The molecule has 0 amide bonds. The minimum atomic E-state index is 0.637. The highest BCUT2D eigenvalue weighted by Crippen LogP contribution is 2.21. The molecular formula is C13H20N6. The number of aromatic nitrogens is 4. The molecule has 0 aliphatic carbocycles. The Labute approximate surface area is 113 Å². The summed E-state index contributed by atoms with van der Waals surface area (Å²) in [5, 5.41) is 10.9. The third kappa shape index (κ3) is 3.01. The Bertz CT molecular complexity index is 560. The number of anilines is 3. The third-order valence-electron chi connectivity index (χ3n) is 2.80. The van der Waals surface area contributed by atoms with Crippen molar-refractivity contribution in [3.63, 3.8) is 0 Å². The maximum Gasteiger partial charge on any atom is 0.224 e. The van der Waals surface area contributed by atoms with Crippen LogP contribution in [0.1, 0.15) is 25.1 Å². The van der Waals surface area contributed by atoms with Crippen molar-refractivity contribution in [3.05, 3.63) is 23.7 Å². The summed E-state index contributed by atoms with van der Waals surface area (Å²) in [5.41, 5.74) is 3.03. The van der Waals surface area contributed by atoms with Gasteiger partial charge in [0.05, 0.1) is 11.4 Å². The second kappa shape index (κ2) is 5.69. The van der Waals surface area contributed by atoms with Gasteiger partial charge in [0.1, 0.15) is 5.82 Å². The van der Waals surface area contributed by atoms with Crippen molar-refractivity contribution >= 4 is 17.5 Å². The highest BCUT2D eigenvalue weighted by Gasteiger charge is 2.09.